The van der Waals surface area contributed by atoms with Crippen molar-refractivity contribution in [2.45, 2.75) is 33.7 Å². The van der Waals surface area contributed by atoms with Crippen molar-refractivity contribution in [3.05, 3.63) is 33.7 Å². The molecule has 0 aliphatic rings. The van der Waals surface area contributed by atoms with E-state index in [1.165, 1.54) is 0 Å². The minimum absolute atomic E-state index is 0.129. The van der Waals surface area contributed by atoms with Gasteiger partial charge in [-0.1, -0.05) is 0 Å². The molecule has 0 aliphatic carbocycles. The number of rotatable bonds is 3. The molecule has 0 aromatic carbocycles. The van der Waals surface area contributed by atoms with Crippen molar-refractivity contribution in [3.8, 4) is 0 Å². The van der Waals surface area contributed by atoms with Crippen LogP contribution in [0.25, 0.3) is 0 Å². The van der Waals surface area contributed by atoms with Crippen LogP contribution in [0.5, 0.6) is 0 Å². The van der Waals surface area contributed by atoms with Gasteiger partial charge in [0, 0.05) is 29.3 Å². The van der Waals surface area contributed by atoms with Crippen LogP contribution >= 0.6 is 15.9 Å². The highest BCUT2D eigenvalue weighted by Gasteiger charge is 2.18. The predicted octanol–water partition coefficient (Wildman–Crippen LogP) is 3.43. The molecule has 1 N–H and O–H groups in total. The van der Waals surface area contributed by atoms with E-state index in [1.54, 1.807) is 4.68 Å². The number of hydrogen-bond donors (Lipinski definition) is 1. The quantitative estimate of drug-likeness (QED) is 0.931. The molecular formula is C14H19BrN4O. The molecule has 0 aliphatic heterocycles. The highest BCUT2D eigenvalue weighted by molar-refractivity contribution is 9.10. The number of amides is 1. The van der Waals surface area contributed by atoms with Gasteiger partial charge in [-0.3, -0.25) is 9.48 Å². The highest BCUT2D eigenvalue weighted by Crippen LogP contribution is 2.22. The molecule has 0 fully saturated rings. The molecule has 0 spiro atoms. The summed E-state index contributed by atoms with van der Waals surface area (Å²) in [5, 5.41) is 7.25. The van der Waals surface area contributed by atoms with Gasteiger partial charge in [-0.25, -0.2) is 0 Å². The Morgan fingerprint density at radius 2 is 2.05 bits per heavy atom. The maximum atomic E-state index is 12.5. The number of carbonyl (C=O) groups is 1. The van der Waals surface area contributed by atoms with Gasteiger partial charge in [-0.2, -0.15) is 5.10 Å². The van der Waals surface area contributed by atoms with Gasteiger partial charge in [-0.05, 0) is 49.7 Å². The molecule has 5 nitrogen and oxygen atoms in total. The molecule has 1 amide bonds. The Morgan fingerprint density at radius 3 is 2.55 bits per heavy atom. The molecule has 0 atom stereocenters. The number of aromatic nitrogens is 3. The fourth-order valence-electron chi connectivity index (χ4n) is 2.17. The summed E-state index contributed by atoms with van der Waals surface area (Å²) in [5.41, 5.74) is 2.54. The van der Waals surface area contributed by atoms with E-state index < -0.39 is 0 Å². The largest absolute Gasteiger partial charge is 0.340 e. The molecule has 0 unspecified atom stereocenters. The molecule has 0 saturated heterocycles. The van der Waals surface area contributed by atoms with Crippen LogP contribution in [-0.4, -0.2) is 20.3 Å². The molecule has 2 rings (SSSR count). The number of aryl methyl sites for hydroxylation is 2. The summed E-state index contributed by atoms with van der Waals surface area (Å²) in [6.07, 6.45) is 1.92. The van der Waals surface area contributed by atoms with Crippen LogP contribution < -0.4 is 5.32 Å². The van der Waals surface area contributed by atoms with Crippen molar-refractivity contribution in [3.63, 3.8) is 0 Å². The topological polar surface area (TPSA) is 51.9 Å². The SMILES string of the molecule is Cc1nn(C)c(NC(=O)c2cc(Br)cn2C(C)C)c1C. The zero-order valence-electron chi connectivity index (χ0n) is 12.4. The number of nitrogens with one attached hydrogen (secondary N) is 1. The average Bonchev–Trinajstić information content (AvgIpc) is 2.85. The van der Waals surface area contributed by atoms with Gasteiger partial charge in [0.1, 0.15) is 11.5 Å². The van der Waals surface area contributed by atoms with E-state index in [4.69, 9.17) is 0 Å². The summed E-state index contributed by atoms with van der Waals surface area (Å²) in [4.78, 5) is 12.5. The van der Waals surface area contributed by atoms with Gasteiger partial charge in [0.05, 0.1) is 5.69 Å². The van der Waals surface area contributed by atoms with Crippen LogP contribution in [0, 0.1) is 13.8 Å². The van der Waals surface area contributed by atoms with E-state index in [2.05, 4.69) is 26.3 Å². The Balaban J connectivity index is 2.33. The van der Waals surface area contributed by atoms with Crippen molar-refractivity contribution in [1.29, 1.82) is 0 Å². The molecule has 20 heavy (non-hydrogen) atoms. The number of hydrogen-bond acceptors (Lipinski definition) is 2. The van der Waals surface area contributed by atoms with E-state index in [9.17, 15) is 4.79 Å². The first-order chi connectivity index (χ1) is 9.31. The van der Waals surface area contributed by atoms with Crippen molar-refractivity contribution >= 4 is 27.7 Å². The third-order valence-electron chi connectivity index (χ3n) is 3.36. The fourth-order valence-corrected chi connectivity index (χ4v) is 2.60. The van der Waals surface area contributed by atoms with Crippen molar-refractivity contribution in [1.82, 2.24) is 14.3 Å². The van der Waals surface area contributed by atoms with E-state index in [0.29, 0.717) is 5.69 Å². The highest BCUT2D eigenvalue weighted by atomic mass is 79.9. The zero-order valence-corrected chi connectivity index (χ0v) is 13.9. The first-order valence-corrected chi connectivity index (χ1v) is 7.29. The van der Waals surface area contributed by atoms with Gasteiger partial charge >= 0.3 is 0 Å². The molecule has 0 bridgehead atoms. The molecule has 6 heteroatoms. The Morgan fingerprint density at radius 1 is 1.40 bits per heavy atom. The van der Waals surface area contributed by atoms with Crippen LogP contribution in [0.1, 0.15) is 41.6 Å². The maximum absolute atomic E-state index is 12.5. The lowest BCUT2D eigenvalue weighted by Gasteiger charge is -2.13. The lowest BCUT2D eigenvalue weighted by atomic mass is 10.2. The van der Waals surface area contributed by atoms with Crippen LogP contribution in [0.4, 0.5) is 5.82 Å². The lowest BCUT2D eigenvalue weighted by molar-refractivity contribution is 0.101. The van der Waals surface area contributed by atoms with E-state index >= 15 is 0 Å². The van der Waals surface area contributed by atoms with E-state index in [0.717, 1.165) is 21.5 Å². The minimum Gasteiger partial charge on any atom is -0.340 e. The Labute approximate surface area is 127 Å². The van der Waals surface area contributed by atoms with Gasteiger partial charge < -0.3 is 9.88 Å². The molecule has 0 radical (unpaired) electrons. The second-order valence-electron chi connectivity index (χ2n) is 5.18. The first kappa shape index (κ1) is 14.8. The number of halogens is 1. The van der Waals surface area contributed by atoms with Crippen molar-refractivity contribution in [2.75, 3.05) is 5.32 Å². The van der Waals surface area contributed by atoms with Gasteiger partial charge in [-0.15, -0.1) is 0 Å². The number of anilines is 1. The fraction of sp³-hybridized carbons (Fsp3) is 0.429. The molecule has 2 aromatic heterocycles. The Hall–Kier alpha value is -1.56. The standard InChI is InChI=1S/C14H19BrN4O/c1-8(2)19-7-11(15)6-12(19)14(20)16-13-9(3)10(4)17-18(13)5/h6-8H,1-5H3,(H,16,20). The van der Waals surface area contributed by atoms with Gasteiger partial charge in [0.2, 0.25) is 0 Å². The van der Waals surface area contributed by atoms with Crippen LogP contribution in [-0.2, 0) is 7.05 Å². The normalized spacial score (nSPS) is 11.2. The summed E-state index contributed by atoms with van der Waals surface area (Å²) < 4.78 is 4.53. The zero-order chi connectivity index (χ0) is 15.0. The molecule has 2 aromatic rings. The molecular weight excluding hydrogens is 320 g/mol. The summed E-state index contributed by atoms with van der Waals surface area (Å²) >= 11 is 3.42. The summed E-state index contributed by atoms with van der Waals surface area (Å²) in [6, 6.07) is 2.05. The van der Waals surface area contributed by atoms with Crippen LogP contribution in [0.3, 0.4) is 0 Å². The average molecular weight is 339 g/mol. The van der Waals surface area contributed by atoms with Crippen LogP contribution in [0.2, 0.25) is 0 Å². The van der Waals surface area contributed by atoms with Crippen LogP contribution in [0.15, 0.2) is 16.7 Å². The lowest BCUT2D eigenvalue weighted by Crippen LogP contribution is -2.19. The summed E-state index contributed by atoms with van der Waals surface area (Å²) in [7, 11) is 1.83. The maximum Gasteiger partial charge on any atom is 0.273 e. The monoisotopic (exact) mass is 338 g/mol. The van der Waals surface area contributed by atoms with Gasteiger partial charge in [0.15, 0.2) is 0 Å². The number of nitrogens with zero attached hydrogens (tertiary/aromatic N) is 3. The third kappa shape index (κ3) is 2.65. The van der Waals surface area contributed by atoms with E-state index in [1.807, 2.05) is 51.6 Å². The molecule has 108 valence electrons. The van der Waals surface area contributed by atoms with E-state index in [-0.39, 0.29) is 11.9 Å². The Kier molecular flexibility index (Phi) is 4.04. The predicted molar refractivity (Wildman–Crippen MR) is 83.2 cm³/mol. The first-order valence-electron chi connectivity index (χ1n) is 6.50. The Bertz CT molecular complexity index is 654. The smallest absolute Gasteiger partial charge is 0.273 e. The molecule has 0 saturated carbocycles. The second kappa shape index (κ2) is 5.44. The minimum atomic E-state index is -0.129. The third-order valence-corrected chi connectivity index (χ3v) is 3.79. The summed E-state index contributed by atoms with van der Waals surface area (Å²) in [5.74, 6) is 0.607. The van der Waals surface area contributed by atoms with Crippen molar-refractivity contribution < 1.29 is 4.79 Å². The van der Waals surface area contributed by atoms with Crippen molar-refractivity contribution in [2.24, 2.45) is 7.05 Å². The molecule has 2 heterocycles. The number of carbonyl (C=O) groups excluding carboxylic acids is 1. The second-order valence-corrected chi connectivity index (χ2v) is 6.10. The summed E-state index contributed by atoms with van der Waals surface area (Å²) in [6.45, 7) is 7.97. The van der Waals surface area contributed by atoms with Gasteiger partial charge in [0.25, 0.3) is 5.91 Å².